The zero-order valence-corrected chi connectivity index (χ0v) is 15.6. The lowest BCUT2D eigenvalue weighted by atomic mass is 10.1. The Hall–Kier alpha value is -2.44. The molecule has 0 bridgehead atoms. The predicted octanol–water partition coefficient (Wildman–Crippen LogP) is 2.52. The number of ether oxygens (including phenoxy) is 4. The number of benzene rings is 1. The van der Waals surface area contributed by atoms with Gasteiger partial charge in [0, 0.05) is 25.6 Å². The summed E-state index contributed by atoms with van der Waals surface area (Å²) in [5.41, 5.74) is 0.464. The van der Waals surface area contributed by atoms with Crippen molar-refractivity contribution in [1.82, 2.24) is 4.90 Å². The number of rotatable bonds is 10. The average Bonchev–Trinajstić information content (AvgIpc) is 2.65. The molecular formula is C18H27NO6. The lowest BCUT2D eigenvalue weighted by molar-refractivity contribution is -0.140. The first-order valence-electron chi connectivity index (χ1n) is 8.10. The number of unbranched alkanes of at least 4 members (excludes halogenated alkanes) is 2. The summed E-state index contributed by atoms with van der Waals surface area (Å²) in [6.45, 7) is 0.594. The Morgan fingerprint density at radius 1 is 0.920 bits per heavy atom. The number of carbonyl (C=O) groups excluding carboxylic acids is 2. The maximum absolute atomic E-state index is 12.6. The fourth-order valence-electron chi connectivity index (χ4n) is 2.42. The van der Waals surface area contributed by atoms with Crippen LogP contribution in [0.5, 0.6) is 17.2 Å². The first kappa shape index (κ1) is 20.6. The van der Waals surface area contributed by atoms with Gasteiger partial charge in [0.05, 0.1) is 28.4 Å². The van der Waals surface area contributed by atoms with Gasteiger partial charge in [0.1, 0.15) is 0 Å². The SMILES string of the molecule is COC(=O)CCCCCN(C)C(=O)c1cc(OC)c(OC)c(OC)c1. The molecule has 0 radical (unpaired) electrons. The fourth-order valence-corrected chi connectivity index (χ4v) is 2.42. The molecule has 0 atom stereocenters. The van der Waals surface area contributed by atoms with Gasteiger partial charge in [0.2, 0.25) is 5.75 Å². The molecule has 0 aliphatic heterocycles. The van der Waals surface area contributed by atoms with E-state index in [9.17, 15) is 9.59 Å². The molecule has 7 heteroatoms. The maximum Gasteiger partial charge on any atom is 0.305 e. The molecule has 0 aliphatic carbocycles. The highest BCUT2D eigenvalue weighted by Gasteiger charge is 2.19. The number of esters is 1. The van der Waals surface area contributed by atoms with E-state index >= 15 is 0 Å². The van der Waals surface area contributed by atoms with E-state index in [-0.39, 0.29) is 11.9 Å². The van der Waals surface area contributed by atoms with E-state index in [0.29, 0.717) is 35.8 Å². The molecule has 7 nitrogen and oxygen atoms in total. The van der Waals surface area contributed by atoms with Crippen molar-refractivity contribution in [2.75, 3.05) is 42.0 Å². The van der Waals surface area contributed by atoms with Gasteiger partial charge in [0.25, 0.3) is 5.91 Å². The van der Waals surface area contributed by atoms with Crippen LogP contribution in [0.2, 0.25) is 0 Å². The van der Waals surface area contributed by atoms with Crippen LogP contribution in [-0.4, -0.2) is 58.8 Å². The van der Waals surface area contributed by atoms with Crippen molar-refractivity contribution < 1.29 is 28.5 Å². The summed E-state index contributed by atoms with van der Waals surface area (Å²) in [6.07, 6.45) is 2.81. The molecular weight excluding hydrogens is 326 g/mol. The molecule has 0 aliphatic rings. The first-order chi connectivity index (χ1) is 12.0. The van der Waals surface area contributed by atoms with Crippen LogP contribution in [0.3, 0.4) is 0 Å². The molecule has 1 rings (SSSR count). The van der Waals surface area contributed by atoms with Crippen LogP contribution in [0.15, 0.2) is 12.1 Å². The fraction of sp³-hybridized carbons (Fsp3) is 0.556. The third kappa shape index (κ3) is 5.85. The second-order valence-electron chi connectivity index (χ2n) is 5.53. The minimum absolute atomic E-state index is 0.132. The summed E-state index contributed by atoms with van der Waals surface area (Å²) >= 11 is 0. The molecule has 0 unspecified atom stereocenters. The molecule has 0 saturated heterocycles. The summed E-state index contributed by atoms with van der Waals surface area (Å²) in [4.78, 5) is 25.3. The lowest BCUT2D eigenvalue weighted by Crippen LogP contribution is -2.27. The number of hydrogen-bond donors (Lipinski definition) is 0. The van der Waals surface area contributed by atoms with E-state index in [0.717, 1.165) is 19.3 Å². The van der Waals surface area contributed by atoms with Crippen molar-refractivity contribution in [3.8, 4) is 17.2 Å². The summed E-state index contributed by atoms with van der Waals surface area (Å²) in [6, 6.07) is 3.27. The van der Waals surface area contributed by atoms with E-state index in [2.05, 4.69) is 4.74 Å². The molecule has 0 fully saturated rings. The Bertz CT molecular complexity index is 562. The van der Waals surface area contributed by atoms with Gasteiger partial charge in [-0.05, 0) is 25.0 Å². The van der Waals surface area contributed by atoms with Crippen LogP contribution in [0.4, 0.5) is 0 Å². The normalized spacial score (nSPS) is 10.1. The standard InChI is InChI=1S/C18H27NO6/c1-19(10-8-6-7-9-16(20)24-4)18(21)13-11-14(22-2)17(25-5)15(12-13)23-3/h11-12H,6-10H2,1-5H3. The Morgan fingerprint density at radius 2 is 1.52 bits per heavy atom. The number of carbonyl (C=O) groups is 2. The molecule has 140 valence electrons. The van der Waals surface area contributed by atoms with Gasteiger partial charge in [-0.1, -0.05) is 6.42 Å². The lowest BCUT2D eigenvalue weighted by Gasteiger charge is -2.19. The number of nitrogens with zero attached hydrogens (tertiary/aromatic N) is 1. The molecule has 1 amide bonds. The van der Waals surface area contributed by atoms with Crippen LogP contribution in [0, 0.1) is 0 Å². The maximum atomic E-state index is 12.6. The summed E-state index contributed by atoms with van der Waals surface area (Å²) in [7, 11) is 7.66. The first-order valence-corrected chi connectivity index (χ1v) is 8.10. The third-order valence-corrected chi connectivity index (χ3v) is 3.86. The number of methoxy groups -OCH3 is 4. The summed E-state index contributed by atoms with van der Waals surface area (Å²) < 4.78 is 20.4. The average molecular weight is 353 g/mol. The largest absolute Gasteiger partial charge is 0.493 e. The molecule has 0 aromatic heterocycles. The van der Waals surface area contributed by atoms with Gasteiger partial charge in [0.15, 0.2) is 11.5 Å². The predicted molar refractivity (Wildman–Crippen MR) is 93.5 cm³/mol. The Labute approximate surface area is 148 Å². The monoisotopic (exact) mass is 353 g/mol. The van der Waals surface area contributed by atoms with E-state index in [4.69, 9.17) is 14.2 Å². The summed E-state index contributed by atoms with van der Waals surface area (Å²) in [5.74, 6) is 0.995. The van der Waals surface area contributed by atoms with Crippen molar-refractivity contribution in [3.05, 3.63) is 17.7 Å². The van der Waals surface area contributed by atoms with Gasteiger partial charge < -0.3 is 23.8 Å². The molecule has 0 heterocycles. The second kappa shape index (κ2) is 10.4. The highest BCUT2D eigenvalue weighted by molar-refractivity contribution is 5.95. The van der Waals surface area contributed by atoms with Crippen molar-refractivity contribution in [2.24, 2.45) is 0 Å². The Morgan fingerprint density at radius 3 is 2.00 bits per heavy atom. The van der Waals surface area contributed by atoms with E-state index < -0.39 is 0 Å². The highest BCUT2D eigenvalue weighted by atomic mass is 16.5. The van der Waals surface area contributed by atoms with E-state index in [1.165, 1.54) is 28.4 Å². The van der Waals surface area contributed by atoms with Crippen LogP contribution < -0.4 is 14.2 Å². The van der Waals surface area contributed by atoms with Crippen LogP contribution in [0.1, 0.15) is 36.0 Å². The third-order valence-electron chi connectivity index (χ3n) is 3.86. The van der Waals surface area contributed by atoms with Gasteiger partial charge in [-0.25, -0.2) is 0 Å². The zero-order chi connectivity index (χ0) is 18.8. The van der Waals surface area contributed by atoms with Gasteiger partial charge in [-0.15, -0.1) is 0 Å². The van der Waals surface area contributed by atoms with Gasteiger partial charge in [-0.2, -0.15) is 0 Å². The molecule has 1 aromatic carbocycles. The molecule has 0 N–H and O–H groups in total. The van der Waals surface area contributed by atoms with E-state index in [1.807, 2.05) is 0 Å². The van der Waals surface area contributed by atoms with Crippen molar-refractivity contribution in [3.63, 3.8) is 0 Å². The van der Waals surface area contributed by atoms with Crippen molar-refractivity contribution >= 4 is 11.9 Å². The topological polar surface area (TPSA) is 74.3 Å². The smallest absolute Gasteiger partial charge is 0.305 e. The minimum Gasteiger partial charge on any atom is -0.493 e. The Balaban J connectivity index is 2.67. The van der Waals surface area contributed by atoms with Crippen LogP contribution in [-0.2, 0) is 9.53 Å². The summed E-state index contributed by atoms with van der Waals surface area (Å²) in [5, 5.41) is 0. The molecule has 25 heavy (non-hydrogen) atoms. The van der Waals surface area contributed by atoms with E-state index in [1.54, 1.807) is 24.1 Å². The van der Waals surface area contributed by atoms with Crippen molar-refractivity contribution in [1.29, 1.82) is 0 Å². The second-order valence-corrected chi connectivity index (χ2v) is 5.53. The van der Waals surface area contributed by atoms with Gasteiger partial charge in [-0.3, -0.25) is 9.59 Å². The van der Waals surface area contributed by atoms with Crippen LogP contribution >= 0.6 is 0 Å². The molecule has 0 spiro atoms. The highest BCUT2D eigenvalue weighted by Crippen LogP contribution is 2.38. The molecule has 1 aromatic rings. The minimum atomic E-state index is -0.207. The van der Waals surface area contributed by atoms with Crippen molar-refractivity contribution in [2.45, 2.75) is 25.7 Å². The number of amides is 1. The quantitative estimate of drug-likeness (QED) is 0.475. The van der Waals surface area contributed by atoms with Gasteiger partial charge >= 0.3 is 5.97 Å². The Kier molecular flexibility index (Phi) is 8.60. The van der Waals surface area contributed by atoms with Crippen LogP contribution in [0.25, 0.3) is 0 Å². The zero-order valence-electron chi connectivity index (χ0n) is 15.6. The molecule has 0 saturated carbocycles. The number of hydrogen-bond acceptors (Lipinski definition) is 6.